The van der Waals surface area contributed by atoms with Crippen LogP contribution in [0.5, 0.6) is 0 Å². The standard InChI is InChI=1S/C7H17N3/c8-3-1-2-7-6-9-4-5-10-7/h7,9-10H,1-6,8H2. The lowest BCUT2D eigenvalue weighted by molar-refractivity contribution is 0.394. The molecule has 3 nitrogen and oxygen atoms in total. The fraction of sp³-hybridized carbons (Fsp3) is 1.00. The van der Waals surface area contributed by atoms with Crippen molar-refractivity contribution in [3.8, 4) is 0 Å². The van der Waals surface area contributed by atoms with Gasteiger partial charge in [0, 0.05) is 25.7 Å². The zero-order chi connectivity index (χ0) is 7.23. The second-order valence-electron chi connectivity index (χ2n) is 2.79. The predicted molar refractivity (Wildman–Crippen MR) is 42.9 cm³/mol. The van der Waals surface area contributed by atoms with Gasteiger partial charge in [0.2, 0.25) is 0 Å². The van der Waals surface area contributed by atoms with E-state index in [2.05, 4.69) is 10.6 Å². The lowest BCUT2D eigenvalue weighted by atomic mass is 10.1. The molecular weight excluding hydrogens is 126 g/mol. The molecule has 1 fully saturated rings. The van der Waals surface area contributed by atoms with Gasteiger partial charge in [0.15, 0.2) is 0 Å². The van der Waals surface area contributed by atoms with Crippen molar-refractivity contribution in [2.45, 2.75) is 18.9 Å². The first kappa shape index (κ1) is 7.98. The zero-order valence-electron chi connectivity index (χ0n) is 6.40. The summed E-state index contributed by atoms with van der Waals surface area (Å²) in [5, 5.41) is 6.78. The van der Waals surface area contributed by atoms with Gasteiger partial charge in [-0.1, -0.05) is 0 Å². The maximum Gasteiger partial charge on any atom is 0.0193 e. The van der Waals surface area contributed by atoms with Gasteiger partial charge < -0.3 is 16.4 Å². The average molecular weight is 143 g/mol. The highest BCUT2D eigenvalue weighted by Gasteiger charge is 2.09. The van der Waals surface area contributed by atoms with E-state index in [-0.39, 0.29) is 0 Å². The summed E-state index contributed by atoms with van der Waals surface area (Å²) in [5.74, 6) is 0. The van der Waals surface area contributed by atoms with Crippen molar-refractivity contribution in [1.82, 2.24) is 10.6 Å². The van der Waals surface area contributed by atoms with Crippen molar-refractivity contribution in [3.63, 3.8) is 0 Å². The van der Waals surface area contributed by atoms with Gasteiger partial charge in [0.05, 0.1) is 0 Å². The van der Waals surface area contributed by atoms with Gasteiger partial charge in [-0.2, -0.15) is 0 Å². The quantitative estimate of drug-likeness (QED) is 0.489. The molecule has 1 rings (SSSR count). The number of hydrogen-bond donors (Lipinski definition) is 3. The van der Waals surface area contributed by atoms with Crippen LogP contribution in [0.15, 0.2) is 0 Å². The Morgan fingerprint density at radius 3 is 2.90 bits per heavy atom. The highest BCUT2D eigenvalue weighted by atomic mass is 15.0. The topological polar surface area (TPSA) is 50.1 Å². The Morgan fingerprint density at radius 1 is 1.40 bits per heavy atom. The zero-order valence-corrected chi connectivity index (χ0v) is 6.40. The molecule has 0 aromatic carbocycles. The van der Waals surface area contributed by atoms with E-state index < -0.39 is 0 Å². The van der Waals surface area contributed by atoms with Gasteiger partial charge in [0.25, 0.3) is 0 Å². The van der Waals surface area contributed by atoms with E-state index in [1.54, 1.807) is 0 Å². The smallest absolute Gasteiger partial charge is 0.0193 e. The summed E-state index contributed by atoms with van der Waals surface area (Å²) in [6, 6.07) is 0.664. The third-order valence-corrected chi connectivity index (χ3v) is 1.88. The summed E-state index contributed by atoms with van der Waals surface area (Å²) >= 11 is 0. The molecule has 1 unspecified atom stereocenters. The van der Waals surface area contributed by atoms with Crippen LogP contribution in [0.25, 0.3) is 0 Å². The van der Waals surface area contributed by atoms with Crippen LogP contribution in [0.2, 0.25) is 0 Å². The summed E-state index contributed by atoms with van der Waals surface area (Å²) in [5.41, 5.74) is 5.40. The molecule has 4 N–H and O–H groups in total. The summed E-state index contributed by atoms with van der Waals surface area (Å²) in [4.78, 5) is 0. The maximum atomic E-state index is 5.40. The lowest BCUT2D eigenvalue weighted by Crippen LogP contribution is -2.48. The minimum absolute atomic E-state index is 0.664. The molecule has 1 aliphatic heterocycles. The molecule has 0 saturated carbocycles. The molecular formula is C7H17N3. The van der Waals surface area contributed by atoms with Crippen LogP contribution in [0.1, 0.15) is 12.8 Å². The van der Waals surface area contributed by atoms with Crippen LogP contribution in [-0.2, 0) is 0 Å². The van der Waals surface area contributed by atoms with Crippen LogP contribution in [0, 0.1) is 0 Å². The van der Waals surface area contributed by atoms with Crippen LogP contribution in [0.4, 0.5) is 0 Å². The Morgan fingerprint density at radius 2 is 2.30 bits per heavy atom. The normalized spacial score (nSPS) is 26.7. The van der Waals surface area contributed by atoms with Crippen molar-refractivity contribution in [3.05, 3.63) is 0 Å². The van der Waals surface area contributed by atoms with E-state index >= 15 is 0 Å². The van der Waals surface area contributed by atoms with Gasteiger partial charge >= 0.3 is 0 Å². The molecule has 60 valence electrons. The van der Waals surface area contributed by atoms with E-state index in [0.29, 0.717) is 6.04 Å². The molecule has 0 aromatic heterocycles. The molecule has 1 atom stereocenters. The van der Waals surface area contributed by atoms with E-state index in [9.17, 15) is 0 Å². The lowest BCUT2D eigenvalue weighted by Gasteiger charge is -2.24. The molecule has 0 bridgehead atoms. The van der Waals surface area contributed by atoms with Gasteiger partial charge in [-0.15, -0.1) is 0 Å². The number of nitrogens with two attached hydrogens (primary N) is 1. The Bertz CT molecular complexity index is 78.9. The van der Waals surface area contributed by atoms with Crippen LogP contribution < -0.4 is 16.4 Å². The highest BCUT2D eigenvalue weighted by molar-refractivity contribution is 4.74. The van der Waals surface area contributed by atoms with E-state index in [1.807, 2.05) is 0 Å². The number of piperazine rings is 1. The van der Waals surface area contributed by atoms with Crippen LogP contribution in [0.3, 0.4) is 0 Å². The first-order chi connectivity index (χ1) is 4.93. The minimum Gasteiger partial charge on any atom is -0.330 e. The fourth-order valence-electron chi connectivity index (χ4n) is 1.28. The van der Waals surface area contributed by atoms with Gasteiger partial charge in [-0.05, 0) is 19.4 Å². The highest BCUT2D eigenvalue weighted by Crippen LogP contribution is 1.96. The molecule has 0 amide bonds. The molecule has 1 heterocycles. The summed E-state index contributed by atoms with van der Waals surface area (Å²) in [6.45, 7) is 4.15. The van der Waals surface area contributed by atoms with Crippen molar-refractivity contribution >= 4 is 0 Å². The van der Waals surface area contributed by atoms with Gasteiger partial charge in [0.1, 0.15) is 0 Å². The van der Waals surface area contributed by atoms with Crippen molar-refractivity contribution in [1.29, 1.82) is 0 Å². The second-order valence-corrected chi connectivity index (χ2v) is 2.79. The van der Waals surface area contributed by atoms with Crippen molar-refractivity contribution in [2.75, 3.05) is 26.2 Å². The Labute approximate surface area is 62.4 Å². The molecule has 1 aliphatic rings. The van der Waals surface area contributed by atoms with E-state index in [1.165, 1.54) is 6.42 Å². The first-order valence-electron chi connectivity index (χ1n) is 4.07. The Balaban J connectivity index is 2.02. The van der Waals surface area contributed by atoms with E-state index in [0.717, 1.165) is 32.6 Å². The molecule has 3 heteroatoms. The monoisotopic (exact) mass is 143 g/mol. The molecule has 10 heavy (non-hydrogen) atoms. The molecule has 0 aromatic rings. The molecule has 0 spiro atoms. The number of nitrogens with one attached hydrogen (secondary N) is 2. The van der Waals surface area contributed by atoms with Crippen LogP contribution >= 0.6 is 0 Å². The van der Waals surface area contributed by atoms with Crippen molar-refractivity contribution in [2.24, 2.45) is 5.73 Å². The summed E-state index contributed by atoms with van der Waals surface area (Å²) in [7, 11) is 0. The van der Waals surface area contributed by atoms with Gasteiger partial charge in [-0.25, -0.2) is 0 Å². The number of rotatable bonds is 3. The third-order valence-electron chi connectivity index (χ3n) is 1.88. The maximum absolute atomic E-state index is 5.40. The largest absolute Gasteiger partial charge is 0.330 e. The van der Waals surface area contributed by atoms with Crippen molar-refractivity contribution < 1.29 is 0 Å². The van der Waals surface area contributed by atoms with Gasteiger partial charge in [-0.3, -0.25) is 0 Å². The SMILES string of the molecule is NCCCC1CNCCN1. The predicted octanol–water partition coefficient (Wildman–Crippen LogP) is -0.713. The first-order valence-corrected chi connectivity index (χ1v) is 4.07. The fourth-order valence-corrected chi connectivity index (χ4v) is 1.28. The third kappa shape index (κ3) is 2.64. The molecule has 0 aliphatic carbocycles. The summed E-state index contributed by atoms with van der Waals surface area (Å²) < 4.78 is 0. The minimum atomic E-state index is 0.664. The molecule has 0 radical (unpaired) electrons. The molecule has 1 saturated heterocycles. The average Bonchev–Trinajstić information content (AvgIpc) is 2.03. The van der Waals surface area contributed by atoms with E-state index in [4.69, 9.17) is 5.73 Å². The van der Waals surface area contributed by atoms with Crippen LogP contribution in [-0.4, -0.2) is 32.2 Å². The Kier molecular flexibility index (Phi) is 3.72. The summed E-state index contributed by atoms with van der Waals surface area (Å²) in [6.07, 6.45) is 2.35. The Hall–Kier alpha value is -0.120. The number of hydrogen-bond acceptors (Lipinski definition) is 3. The second kappa shape index (κ2) is 4.66.